The Bertz CT molecular complexity index is 670. The summed E-state index contributed by atoms with van der Waals surface area (Å²) in [4.78, 5) is 14.7. The Morgan fingerprint density at radius 3 is 2.68 bits per heavy atom. The number of ether oxygens (including phenoxy) is 1. The van der Waals surface area contributed by atoms with Crippen molar-refractivity contribution in [1.29, 1.82) is 0 Å². The summed E-state index contributed by atoms with van der Waals surface area (Å²) in [5, 5.41) is 0. The number of nitrogens with zero attached hydrogens (tertiary/aromatic N) is 1. The second-order valence-corrected chi connectivity index (χ2v) is 5.48. The molecule has 0 fully saturated rings. The fourth-order valence-corrected chi connectivity index (χ4v) is 2.67. The molecule has 1 unspecified atom stereocenters. The van der Waals surface area contributed by atoms with Crippen LogP contribution in [0.1, 0.15) is 31.4 Å². The van der Waals surface area contributed by atoms with E-state index in [2.05, 4.69) is 6.92 Å². The third-order valence-corrected chi connectivity index (χ3v) is 3.85. The van der Waals surface area contributed by atoms with Gasteiger partial charge in [-0.3, -0.25) is 4.79 Å². The molecule has 2 aromatic rings. The van der Waals surface area contributed by atoms with Crippen molar-refractivity contribution in [3.63, 3.8) is 0 Å². The fourth-order valence-electron chi connectivity index (χ4n) is 2.67. The Labute approximate surface area is 130 Å². The standard InChI is InChI=1S/C18H20N2O2/c1-2-3-11-20-15-12-14(19)9-10-16(15)22-17(18(20)21)13-7-5-4-6-8-13/h4-10,12,17H,2-3,11,19H2,1H3. The van der Waals surface area contributed by atoms with Crippen molar-refractivity contribution in [2.24, 2.45) is 0 Å². The number of unbranched alkanes of at least 4 members (excludes halogenated alkanes) is 1. The summed E-state index contributed by atoms with van der Waals surface area (Å²) in [7, 11) is 0. The van der Waals surface area contributed by atoms with Crippen molar-refractivity contribution in [3.8, 4) is 5.75 Å². The molecule has 4 nitrogen and oxygen atoms in total. The molecule has 0 spiro atoms. The zero-order chi connectivity index (χ0) is 15.5. The van der Waals surface area contributed by atoms with Crippen LogP contribution in [0.25, 0.3) is 0 Å². The van der Waals surface area contributed by atoms with E-state index in [-0.39, 0.29) is 5.91 Å². The van der Waals surface area contributed by atoms with Gasteiger partial charge in [0.15, 0.2) is 0 Å². The fraction of sp³-hybridized carbons (Fsp3) is 0.278. The Hall–Kier alpha value is -2.49. The molecule has 2 aromatic carbocycles. The van der Waals surface area contributed by atoms with Crippen molar-refractivity contribution in [1.82, 2.24) is 0 Å². The van der Waals surface area contributed by atoms with Crippen molar-refractivity contribution >= 4 is 17.3 Å². The summed E-state index contributed by atoms with van der Waals surface area (Å²) >= 11 is 0. The largest absolute Gasteiger partial charge is 0.474 e. The molecule has 0 radical (unpaired) electrons. The molecule has 0 saturated heterocycles. The predicted molar refractivity (Wildman–Crippen MR) is 87.9 cm³/mol. The summed E-state index contributed by atoms with van der Waals surface area (Å²) in [5.74, 6) is 0.677. The van der Waals surface area contributed by atoms with Gasteiger partial charge in [-0.1, -0.05) is 43.7 Å². The molecule has 1 heterocycles. The summed E-state index contributed by atoms with van der Waals surface area (Å²) in [6.07, 6.45) is 1.38. The first kappa shape index (κ1) is 14.4. The number of fused-ring (bicyclic) bond motifs is 1. The monoisotopic (exact) mass is 296 g/mol. The number of anilines is 2. The highest BCUT2D eigenvalue weighted by Crippen LogP contribution is 2.40. The smallest absolute Gasteiger partial charge is 0.272 e. The van der Waals surface area contributed by atoms with Crippen molar-refractivity contribution in [2.45, 2.75) is 25.9 Å². The number of nitrogen functional groups attached to an aromatic ring is 1. The third-order valence-electron chi connectivity index (χ3n) is 3.85. The van der Waals surface area contributed by atoms with E-state index < -0.39 is 6.10 Å². The molecule has 0 aromatic heterocycles. The zero-order valence-electron chi connectivity index (χ0n) is 12.7. The average Bonchev–Trinajstić information content (AvgIpc) is 2.54. The van der Waals surface area contributed by atoms with E-state index in [4.69, 9.17) is 10.5 Å². The number of benzene rings is 2. The number of carbonyl (C=O) groups is 1. The zero-order valence-corrected chi connectivity index (χ0v) is 12.7. The second kappa shape index (κ2) is 6.10. The van der Waals surface area contributed by atoms with Crippen LogP contribution in [0.15, 0.2) is 48.5 Å². The molecule has 2 N–H and O–H groups in total. The van der Waals surface area contributed by atoms with Gasteiger partial charge < -0.3 is 15.4 Å². The molecular formula is C18H20N2O2. The predicted octanol–water partition coefficient (Wildman–Crippen LogP) is 3.54. The molecule has 4 heteroatoms. The van der Waals surface area contributed by atoms with Crippen LogP contribution in [0, 0.1) is 0 Å². The van der Waals surface area contributed by atoms with Gasteiger partial charge in [-0.25, -0.2) is 0 Å². The molecule has 114 valence electrons. The lowest BCUT2D eigenvalue weighted by molar-refractivity contribution is -0.126. The van der Waals surface area contributed by atoms with Crippen LogP contribution < -0.4 is 15.4 Å². The molecule has 1 amide bonds. The van der Waals surface area contributed by atoms with E-state index in [1.54, 1.807) is 11.0 Å². The van der Waals surface area contributed by atoms with Crippen LogP contribution in [-0.2, 0) is 4.79 Å². The molecular weight excluding hydrogens is 276 g/mol. The number of hydrogen-bond acceptors (Lipinski definition) is 3. The topological polar surface area (TPSA) is 55.6 Å². The minimum atomic E-state index is -0.589. The molecule has 0 bridgehead atoms. The highest BCUT2D eigenvalue weighted by Gasteiger charge is 2.35. The third kappa shape index (κ3) is 2.64. The van der Waals surface area contributed by atoms with Gasteiger partial charge in [0, 0.05) is 17.8 Å². The molecule has 0 saturated carbocycles. The Morgan fingerprint density at radius 1 is 1.18 bits per heavy atom. The minimum Gasteiger partial charge on any atom is -0.474 e. The van der Waals surface area contributed by atoms with Gasteiger partial charge in [-0.2, -0.15) is 0 Å². The molecule has 1 atom stereocenters. The normalized spacial score (nSPS) is 17.0. The van der Waals surface area contributed by atoms with Gasteiger partial charge in [-0.15, -0.1) is 0 Å². The summed E-state index contributed by atoms with van der Waals surface area (Å²) in [5.41, 5.74) is 8.15. The van der Waals surface area contributed by atoms with Gasteiger partial charge in [0.05, 0.1) is 5.69 Å². The number of hydrogen-bond donors (Lipinski definition) is 1. The lowest BCUT2D eigenvalue weighted by atomic mass is 10.0. The molecule has 1 aliphatic rings. The van der Waals surface area contributed by atoms with E-state index >= 15 is 0 Å². The maximum absolute atomic E-state index is 12.9. The van der Waals surface area contributed by atoms with E-state index in [1.165, 1.54) is 0 Å². The van der Waals surface area contributed by atoms with Gasteiger partial charge in [0.25, 0.3) is 5.91 Å². The Morgan fingerprint density at radius 2 is 1.95 bits per heavy atom. The van der Waals surface area contributed by atoms with Crippen molar-refractivity contribution in [3.05, 3.63) is 54.1 Å². The number of rotatable bonds is 4. The van der Waals surface area contributed by atoms with Gasteiger partial charge in [-0.05, 0) is 24.6 Å². The van der Waals surface area contributed by atoms with Crippen LogP contribution in [-0.4, -0.2) is 12.5 Å². The SMILES string of the molecule is CCCCN1C(=O)C(c2ccccc2)Oc2ccc(N)cc21. The number of carbonyl (C=O) groups excluding carboxylic acids is 1. The molecule has 0 aliphatic carbocycles. The van der Waals surface area contributed by atoms with Crippen LogP contribution in [0.3, 0.4) is 0 Å². The first-order valence-corrected chi connectivity index (χ1v) is 7.63. The minimum absolute atomic E-state index is 0.0299. The highest BCUT2D eigenvalue weighted by atomic mass is 16.5. The average molecular weight is 296 g/mol. The lowest BCUT2D eigenvalue weighted by Crippen LogP contribution is -2.41. The van der Waals surface area contributed by atoms with Gasteiger partial charge >= 0.3 is 0 Å². The van der Waals surface area contributed by atoms with Gasteiger partial charge in [0.1, 0.15) is 5.75 Å². The van der Waals surface area contributed by atoms with E-state index in [0.29, 0.717) is 18.0 Å². The van der Waals surface area contributed by atoms with Crippen molar-refractivity contribution < 1.29 is 9.53 Å². The summed E-state index contributed by atoms with van der Waals surface area (Å²) in [6, 6.07) is 15.1. The van der Waals surface area contributed by atoms with Crippen LogP contribution >= 0.6 is 0 Å². The Balaban J connectivity index is 2.01. The van der Waals surface area contributed by atoms with Crippen LogP contribution in [0.5, 0.6) is 5.75 Å². The van der Waals surface area contributed by atoms with E-state index in [0.717, 1.165) is 24.1 Å². The maximum Gasteiger partial charge on any atom is 0.272 e. The first-order chi connectivity index (χ1) is 10.7. The van der Waals surface area contributed by atoms with E-state index in [9.17, 15) is 4.79 Å². The van der Waals surface area contributed by atoms with Crippen LogP contribution in [0.2, 0.25) is 0 Å². The highest BCUT2D eigenvalue weighted by molar-refractivity contribution is 6.01. The number of amides is 1. The summed E-state index contributed by atoms with van der Waals surface area (Å²) < 4.78 is 5.95. The maximum atomic E-state index is 12.9. The second-order valence-electron chi connectivity index (χ2n) is 5.48. The van der Waals surface area contributed by atoms with Crippen LogP contribution in [0.4, 0.5) is 11.4 Å². The first-order valence-electron chi connectivity index (χ1n) is 7.63. The quantitative estimate of drug-likeness (QED) is 0.878. The molecule has 3 rings (SSSR count). The Kier molecular flexibility index (Phi) is 4.00. The number of nitrogens with two attached hydrogens (primary N) is 1. The molecule has 22 heavy (non-hydrogen) atoms. The van der Waals surface area contributed by atoms with E-state index in [1.807, 2.05) is 42.5 Å². The van der Waals surface area contributed by atoms with Gasteiger partial charge in [0.2, 0.25) is 6.10 Å². The molecule has 1 aliphatic heterocycles. The summed E-state index contributed by atoms with van der Waals surface area (Å²) in [6.45, 7) is 2.79. The van der Waals surface area contributed by atoms with Crippen molar-refractivity contribution in [2.75, 3.05) is 17.2 Å². The lowest BCUT2D eigenvalue weighted by Gasteiger charge is -2.34.